The van der Waals surface area contributed by atoms with Crippen LogP contribution in [0.5, 0.6) is 0 Å². The van der Waals surface area contributed by atoms with Crippen LogP contribution in [-0.4, -0.2) is 22.8 Å². The molecule has 0 saturated carbocycles. The molecule has 0 bridgehead atoms. The van der Waals surface area contributed by atoms with Gasteiger partial charge in [-0.15, -0.1) is 12.4 Å². The topological polar surface area (TPSA) is 37.2 Å². The number of benzene rings is 3. The van der Waals surface area contributed by atoms with E-state index in [0.29, 0.717) is 16.7 Å². The van der Waals surface area contributed by atoms with Gasteiger partial charge in [-0.3, -0.25) is 5.32 Å². The van der Waals surface area contributed by atoms with Crippen molar-refractivity contribution < 1.29 is 22.7 Å². The molecule has 0 aliphatic rings. The zero-order valence-corrected chi connectivity index (χ0v) is 18.5. The monoisotopic (exact) mass is 478 g/mol. The molecule has 174 valence electrons. The third kappa shape index (κ3) is 5.21. The number of aliphatic hydroxyl groups excluding tert-OH is 1. The SMILES string of the molecule is CNC([C@H](O)Cc1cccc(F)c1)n1cc(-c2cccc(C(F)(F)F)c2)c2ccccc21.Cl. The summed E-state index contributed by atoms with van der Waals surface area (Å²) in [7, 11) is 1.69. The second kappa shape index (κ2) is 9.95. The summed E-state index contributed by atoms with van der Waals surface area (Å²) in [6.07, 6.45) is -3.98. The third-order valence-corrected chi connectivity index (χ3v) is 5.54. The molecule has 2 N–H and O–H groups in total. The lowest BCUT2D eigenvalue weighted by Gasteiger charge is -2.25. The third-order valence-electron chi connectivity index (χ3n) is 5.54. The number of nitrogens with one attached hydrogen (secondary N) is 1. The quantitative estimate of drug-likeness (QED) is 0.323. The number of likely N-dealkylation sites (N-methyl/N-ethyl adjacent to an activating group) is 1. The molecule has 0 aliphatic carbocycles. The number of fused-ring (bicyclic) bond motifs is 1. The van der Waals surface area contributed by atoms with Gasteiger partial charge in [-0.05, 0) is 48.5 Å². The van der Waals surface area contributed by atoms with E-state index in [-0.39, 0.29) is 24.6 Å². The summed E-state index contributed by atoms with van der Waals surface area (Å²) in [4.78, 5) is 0. The first-order valence-electron chi connectivity index (χ1n) is 10.1. The maximum Gasteiger partial charge on any atom is 0.416 e. The fraction of sp³-hybridized carbons (Fsp3) is 0.200. The molecular weight excluding hydrogens is 456 g/mol. The van der Waals surface area contributed by atoms with E-state index in [4.69, 9.17) is 0 Å². The zero-order chi connectivity index (χ0) is 22.9. The van der Waals surface area contributed by atoms with Crippen LogP contribution in [0.15, 0.2) is 79.0 Å². The van der Waals surface area contributed by atoms with Crippen LogP contribution in [0.4, 0.5) is 17.6 Å². The highest BCUT2D eigenvalue weighted by Crippen LogP contribution is 2.36. The molecule has 0 fully saturated rings. The smallest absolute Gasteiger partial charge is 0.389 e. The minimum absolute atomic E-state index is 0. The van der Waals surface area contributed by atoms with E-state index in [1.165, 1.54) is 18.2 Å². The zero-order valence-electron chi connectivity index (χ0n) is 17.7. The van der Waals surface area contributed by atoms with Crippen LogP contribution in [0.3, 0.4) is 0 Å². The second-order valence-electron chi connectivity index (χ2n) is 7.68. The van der Waals surface area contributed by atoms with Crippen LogP contribution in [0.25, 0.3) is 22.0 Å². The predicted molar refractivity (Wildman–Crippen MR) is 124 cm³/mol. The predicted octanol–water partition coefficient (Wildman–Crippen LogP) is 6.21. The number of alkyl halides is 3. The summed E-state index contributed by atoms with van der Waals surface area (Å²) in [6, 6.07) is 18.6. The number of rotatable bonds is 6. The van der Waals surface area contributed by atoms with E-state index >= 15 is 0 Å². The normalized spacial score (nSPS) is 13.5. The molecule has 2 atom stereocenters. The van der Waals surface area contributed by atoms with Gasteiger partial charge in [-0.2, -0.15) is 13.2 Å². The van der Waals surface area contributed by atoms with Crippen molar-refractivity contribution in [3.8, 4) is 11.1 Å². The molecule has 0 amide bonds. The molecule has 33 heavy (non-hydrogen) atoms. The Bertz CT molecular complexity index is 1240. The highest BCUT2D eigenvalue weighted by Gasteiger charge is 2.31. The number of para-hydroxylation sites is 1. The van der Waals surface area contributed by atoms with E-state index in [9.17, 15) is 22.7 Å². The van der Waals surface area contributed by atoms with Gasteiger partial charge in [0.05, 0.1) is 17.2 Å². The first kappa shape index (κ1) is 24.8. The number of hydrogen-bond acceptors (Lipinski definition) is 2. The molecule has 8 heteroatoms. The van der Waals surface area contributed by atoms with Crippen LogP contribution in [0.2, 0.25) is 0 Å². The van der Waals surface area contributed by atoms with E-state index in [1.54, 1.807) is 31.4 Å². The molecule has 1 aromatic heterocycles. The van der Waals surface area contributed by atoms with E-state index in [1.807, 2.05) is 28.8 Å². The molecule has 3 aromatic carbocycles. The Hall–Kier alpha value is -2.87. The second-order valence-corrected chi connectivity index (χ2v) is 7.68. The van der Waals surface area contributed by atoms with Gasteiger partial charge in [-0.25, -0.2) is 4.39 Å². The largest absolute Gasteiger partial charge is 0.416 e. The average molecular weight is 479 g/mol. The van der Waals surface area contributed by atoms with Gasteiger partial charge in [0.15, 0.2) is 0 Å². The lowest BCUT2D eigenvalue weighted by Crippen LogP contribution is -2.35. The summed E-state index contributed by atoms with van der Waals surface area (Å²) < 4.78 is 55.1. The Morgan fingerprint density at radius 3 is 2.39 bits per heavy atom. The van der Waals surface area contributed by atoms with Gasteiger partial charge in [0.1, 0.15) is 12.0 Å². The Labute approximate surface area is 195 Å². The fourth-order valence-corrected chi connectivity index (χ4v) is 4.06. The molecular formula is C25H23ClF4N2O. The Morgan fingerprint density at radius 1 is 0.970 bits per heavy atom. The van der Waals surface area contributed by atoms with Gasteiger partial charge in [-0.1, -0.05) is 42.5 Å². The lowest BCUT2D eigenvalue weighted by molar-refractivity contribution is -0.137. The number of nitrogens with zero attached hydrogens (tertiary/aromatic N) is 1. The Balaban J connectivity index is 0.00000306. The Kier molecular flexibility index (Phi) is 7.47. The number of halogens is 5. The Morgan fingerprint density at radius 2 is 1.70 bits per heavy atom. The van der Waals surface area contributed by atoms with Crippen molar-refractivity contribution in [3.05, 3.63) is 95.9 Å². The molecule has 0 aliphatic heterocycles. The van der Waals surface area contributed by atoms with Crippen molar-refractivity contribution in [1.82, 2.24) is 9.88 Å². The van der Waals surface area contributed by atoms with E-state index in [2.05, 4.69) is 5.32 Å². The van der Waals surface area contributed by atoms with Crippen molar-refractivity contribution in [3.63, 3.8) is 0 Å². The summed E-state index contributed by atoms with van der Waals surface area (Å²) in [5.41, 5.74) is 1.75. The summed E-state index contributed by atoms with van der Waals surface area (Å²) in [5.74, 6) is -0.381. The van der Waals surface area contributed by atoms with Crippen LogP contribution in [0.1, 0.15) is 17.3 Å². The lowest BCUT2D eigenvalue weighted by atomic mass is 10.0. The molecule has 4 aromatic rings. The molecule has 0 spiro atoms. The van der Waals surface area contributed by atoms with Crippen LogP contribution in [0, 0.1) is 5.82 Å². The molecule has 4 rings (SSSR count). The number of aliphatic hydroxyl groups is 1. The summed E-state index contributed by atoms with van der Waals surface area (Å²) >= 11 is 0. The van der Waals surface area contributed by atoms with Crippen LogP contribution >= 0.6 is 12.4 Å². The van der Waals surface area contributed by atoms with Crippen molar-refractivity contribution in [1.29, 1.82) is 0 Å². The standard InChI is InChI=1S/C25H22F4N2O.ClH/c1-30-24(23(32)13-16-6-4-9-19(26)12-16)31-15-21(20-10-2-3-11-22(20)31)17-7-5-8-18(14-17)25(27,28)29;/h2-12,14-15,23-24,30,32H,13H2,1H3;1H/t23-,24?;/m1./s1. The van der Waals surface area contributed by atoms with Crippen molar-refractivity contribution in [2.24, 2.45) is 0 Å². The molecule has 3 nitrogen and oxygen atoms in total. The number of aromatic nitrogens is 1. The number of hydrogen-bond donors (Lipinski definition) is 2. The van der Waals surface area contributed by atoms with Gasteiger partial charge in [0.2, 0.25) is 0 Å². The highest BCUT2D eigenvalue weighted by atomic mass is 35.5. The molecule has 1 heterocycles. The first-order valence-corrected chi connectivity index (χ1v) is 10.1. The van der Waals surface area contributed by atoms with Gasteiger partial charge in [0.25, 0.3) is 0 Å². The maximum atomic E-state index is 13.6. The van der Waals surface area contributed by atoms with Crippen LogP contribution < -0.4 is 5.32 Å². The van der Waals surface area contributed by atoms with Crippen molar-refractivity contribution in [2.45, 2.75) is 24.9 Å². The minimum atomic E-state index is -4.44. The summed E-state index contributed by atoms with van der Waals surface area (Å²) in [6.45, 7) is 0. The molecule has 0 saturated heterocycles. The van der Waals surface area contributed by atoms with E-state index < -0.39 is 24.0 Å². The van der Waals surface area contributed by atoms with Crippen molar-refractivity contribution in [2.75, 3.05) is 7.05 Å². The average Bonchev–Trinajstić information content (AvgIpc) is 3.13. The highest BCUT2D eigenvalue weighted by molar-refractivity contribution is 5.96. The van der Waals surface area contributed by atoms with E-state index in [0.717, 1.165) is 23.0 Å². The van der Waals surface area contributed by atoms with Gasteiger partial charge < -0.3 is 9.67 Å². The molecule has 0 radical (unpaired) electrons. The van der Waals surface area contributed by atoms with Crippen LogP contribution in [-0.2, 0) is 12.6 Å². The van der Waals surface area contributed by atoms with Crippen molar-refractivity contribution >= 4 is 23.3 Å². The first-order chi connectivity index (χ1) is 15.3. The van der Waals surface area contributed by atoms with Gasteiger partial charge in [0, 0.05) is 23.6 Å². The summed E-state index contributed by atoms with van der Waals surface area (Å²) in [5, 5.41) is 14.8. The minimum Gasteiger partial charge on any atom is -0.389 e. The van der Waals surface area contributed by atoms with Gasteiger partial charge >= 0.3 is 6.18 Å². The maximum absolute atomic E-state index is 13.6. The molecule has 1 unspecified atom stereocenters. The fourth-order valence-electron chi connectivity index (χ4n) is 4.06.